The SMILES string of the molecule is CN1CCC(C(=O)c2cccc(N(C(N)=O)c3ccc(C#N)cc3)c2)CC1. The molecular weight excluding hydrogens is 340 g/mol. The smallest absolute Gasteiger partial charge is 0.323 e. The highest BCUT2D eigenvalue weighted by molar-refractivity contribution is 6.02. The Kier molecular flexibility index (Phi) is 5.53. The van der Waals surface area contributed by atoms with E-state index in [0.29, 0.717) is 22.5 Å². The Balaban J connectivity index is 1.88. The highest BCUT2D eigenvalue weighted by Crippen LogP contribution is 2.28. The Morgan fingerprint density at radius 3 is 2.37 bits per heavy atom. The molecule has 6 heteroatoms. The van der Waals surface area contributed by atoms with Crippen molar-refractivity contribution in [3.05, 3.63) is 59.7 Å². The second-order valence-electron chi connectivity index (χ2n) is 6.82. The number of Topliss-reactive ketones (excluding diaryl/α,β-unsaturated/α-hetero) is 1. The molecule has 27 heavy (non-hydrogen) atoms. The largest absolute Gasteiger partial charge is 0.351 e. The highest BCUT2D eigenvalue weighted by Gasteiger charge is 2.25. The zero-order valence-corrected chi connectivity index (χ0v) is 15.3. The number of carbonyl (C=O) groups excluding carboxylic acids is 2. The molecule has 0 unspecified atom stereocenters. The number of likely N-dealkylation sites (tertiary alicyclic amines) is 1. The Morgan fingerprint density at radius 2 is 1.78 bits per heavy atom. The van der Waals surface area contributed by atoms with Crippen molar-refractivity contribution in [1.29, 1.82) is 5.26 Å². The molecule has 0 atom stereocenters. The van der Waals surface area contributed by atoms with Gasteiger partial charge in [0.1, 0.15) is 0 Å². The number of nitrogens with zero attached hydrogens (tertiary/aromatic N) is 3. The summed E-state index contributed by atoms with van der Waals surface area (Å²) >= 11 is 0. The van der Waals surface area contributed by atoms with E-state index >= 15 is 0 Å². The topological polar surface area (TPSA) is 90.4 Å². The molecule has 0 spiro atoms. The van der Waals surface area contributed by atoms with Crippen LogP contribution in [0.3, 0.4) is 0 Å². The van der Waals surface area contributed by atoms with Crippen molar-refractivity contribution < 1.29 is 9.59 Å². The summed E-state index contributed by atoms with van der Waals surface area (Å²) in [6.07, 6.45) is 1.68. The van der Waals surface area contributed by atoms with E-state index in [1.807, 2.05) is 6.07 Å². The van der Waals surface area contributed by atoms with Crippen LogP contribution in [0, 0.1) is 17.2 Å². The second kappa shape index (κ2) is 8.02. The van der Waals surface area contributed by atoms with Crippen LogP contribution >= 0.6 is 0 Å². The summed E-state index contributed by atoms with van der Waals surface area (Å²) in [5.74, 6) is 0.114. The normalized spacial score (nSPS) is 15.1. The van der Waals surface area contributed by atoms with Gasteiger partial charge >= 0.3 is 6.03 Å². The number of rotatable bonds is 4. The van der Waals surface area contributed by atoms with Crippen molar-refractivity contribution in [2.24, 2.45) is 11.7 Å². The molecule has 6 nitrogen and oxygen atoms in total. The summed E-state index contributed by atoms with van der Waals surface area (Å²) in [4.78, 5) is 28.5. The number of anilines is 2. The molecule has 2 N–H and O–H groups in total. The molecule has 138 valence electrons. The van der Waals surface area contributed by atoms with Crippen LogP contribution in [0.15, 0.2) is 48.5 Å². The summed E-state index contributed by atoms with van der Waals surface area (Å²) in [5.41, 5.74) is 7.75. The minimum absolute atomic E-state index is 0.00777. The number of piperidine rings is 1. The van der Waals surface area contributed by atoms with Gasteiger partial charge in [0.25, 0.3) is 0 Å². The van der Waals surface area contributed by atoms with Crippen LogP contribution in [-0.4, -0.2) is 36.9 Å². The lowest BCUT2D eigenvalue weighted by molar-refractivity contribution is 0.0857. The minimum Gasteiger partial charge on any atom is -0.351 e. The summed E-state index contributed by atoms with van der Waals surface area (Å²) < 4.78 is 0. The standard InChI is InChI=1S/C21H22N4O2/c1-24-11-9-16(10-12-24)20(26)17-3-2-4-19(13-17)25(21(23)27)18-7-5-15(14-22)6-8-18/h2-8,13,16H,9-12H2,1H3,(H2,23,27). The van der Waals surface area contributed by atoms with Gasteiger partial charge in [0.15, 0.2) is 5.78 Å². The molecule has 1 saturated heterocycles. The van der Waals surface area contributed by atoms with Crippen molar-refractivity contribution >= 4 is 23.2 Å². The molecule has 0 bridgehead atoms. The van der Waals surface area contributed by atoms with E-state index in [2.05, 4.69) is 11.9 Å². The van der Waals surface area contributed by atoms with E-state index in [9.17, 15) is 9.59 Å². The number of nitriles is 1. The van der Waals surface area contributed by atoms with Crippen LogP contribution in [0.4, 0.5) is 16.2 Å². The fourth-order valence-electron chi connectivity index (χ4n) is 3.39. The van der Waals surface area contributed by atoms with Crippen LogP contribution in [0.1, 0.15) is 28.8 Å². The predicted octanol–water partition coefficient (Wildman–Crippen LogP) is 3.30. The van der Waals surface area contributed by atoms with E-state index in [0.717, 1.165) is 25.9 Å². The number of benzene rings is 2. The molecule has 2 aromatic rings. The molecule has 0 aromatic heterocycles. The van der Waals surface area contributed by atoms with Crippen LogP contribution in [0.5, 0.6) is 0 Å². The Morgan fingerprint density at radius 1 is 1.11 bits per heavy atom. The number of hydrogen-bond acceptors (Lipinski definition) is 4. The Hall–Kier alpha value is -3.17. The van der Waals surface area contributed by atoms with Crippen molar-refractivity contribution in [3.8, 4) is 6.07 Å². The lowest BCUT2D eigenvalue weighted by Gasteiger charge is -2.28. The average molecular weight is 362 g/mol. The van der Waals surface area contributed by atoms with Gasteiger partial charge in [-0.1, -0.05) is 12.1 Å². The maximum Gasteiger partial charge on any atom is 0.323 e. The first-order valence-corrected chi connectivity index (χ1v) is 8.92. The van der Waals surface area contributed by atoms with Crippen LogP contribution < -0.4 is 10.6 Å². The van der Waals surface area contributed by atoms with E-state index < -0.39 is 6.03 Å². The Bertz CT molecular complexity index is 878. The molecule has 1 heterocycles. The van der Waals surface area contributed by atoms with Gasteiger partial charge in [-0.05, 0) is 69.4 Å². The molecule has 2 amide bonds. The van der Waals surface area contributed by atoms with Gasteiger partial charge in [-0.25, -0.2) is 4.79 Å². The Labute approximate surface area is 158 Å². The molecule has 0 radical (unpaired) electrons. The van der Waals surface area contributed by atoms with E-state index in [-0.39, 0.29) is 11.7 Å². The number of primary amides is 1. The summed E-state index contributed by atoms with van der Waals surface area (Å²) in [7, 11) is 2.06. The van der Waals surface area contributed by atoms with Crippen LogP contribution in [0.2, 0.25) is 0 Å². The first kappa shape index (κ1) is 18.6. The summed E-state index contributed by atoms with van der Waals surface area (Å²) in [6.45, 7) is 1.82. The van der Waals surface area contributed by atoms with Gasteiger partial charge in [0, 0.05) is 11.5 Å². The molecule has 1 aliphatic rings. The maximum absolute atomic E-state index is 12.9. The molecular formula is C21H22N4O2. The molecule has 0 saturated carbocycles. The predicted molar refractivity (Wildman–Crippen MR) is 104 cm³/mol. The molecule has 0 aliphatic carbocycles. The maximum atomic E-state index is 12.9. The first-order chi connectivity index (χ1) is 13.0. The third-order valence-electron chi connectivity index (χ3n) is 4.95. The minimum atomic E-state index is -0.649. The summed E-state index contributed by atoms with van der Waals surface area (Å²) in [6, 6.07) is 15.0. The zero-order chi connectivity index (χ0) is 19.4. The molecule has 2 aromatic carbocycles. The van der Waals surface area contributed by atoms with Crippen molar-refractivity contribution in [2.45, 2.75) is 12.8 Å². The van der Waals surface area contributed by atoms with Gasteiger partial charge in [-0.3, -0.25) is 9.69 Å². The third-order valence-corrected chi connectivity index (χ3v) is 4.95. The summed E-state index contributed by atoms with van der Waals surface area (Å²) in [5, 5.41) is 8.94. The van der Waals surface area contributed by atoms with Gasteiger partial charge in [0.2, 0.25) is 0 Å². The lowest BCUT2D eigenvalue weighted by Crippen LogP contribution is -2.34. The van der Waals surface area contributed by atoms with Gasteiger partial charge in [-0.15, -0.1) is 0 Å². The monoisotopic (exact) mass is 362 g/mol. The number of ketones is 1. The van der Waals surface area contributed by atoms with Crippen molar-refractivity contribution in [1.82, 2.24) is 4.90 Å². The fourth-order valence-corrected chi connectivity index (χ4v) is 3.39. The van der Waals surface area contributed by atoms with E-state index in [4.69, 9.17) is 11.0 Å². The van der Waals surface area contributed by atoms with E-state index in [1.165, 1.54) is 4.90 Å². The third kappa shape index (κ3) is 4.15. The lowest BCUT2D eigenvalue weighted by atomic mass is 9.89. The van der Waals surface area contributed by atoms with E-state index in [1.54, 1.807) is 48.5 Å². The second-order valence-corrected chi connectivity index (χ2v) is 6.82. The quantitative estimate of drug-likeness (QED) is 0.845. The van der Waals surface area contributed by atoms with Crippen LogP contribution in [0.25, 0.3) is 0 Å². The fraction of sp³-hybridized carbons (Fsp3) is 0.286. The first-order valence-electron chi connectivity index (χ1n) is 8.92. The zero-order valence-electron chi connectivity index (χ0n) is 15.3. The van der Waals surface area contributed by atoms with Gasteiger partial charge in [0.05, 0.1) is 23.0 Å². The number of nitrogens with two attached hydrogens (primary N) is 1. The molecule has 1 fully saturated rings. The number of hydrogen-bond donors (Lipinski definition) is 1. The number of urea groups is 1. The van der Waals surface area contributed by atoms with Gasteiger partial charge < -0.3 is 10.6 Å². The molecule has 3 rings (SSSR count). The molecule has 1 aliphatic heterocycles. The van der Waals surface area contributed by atoms with Gasteiger partial charge in [-0.2, -0.15) is 5.26 Å². The highest BCUT2D eigenvalue weighted by atomic mass is 16.2. The van der Waals surface area contributed by atoms with Crippen molar-refractivity contribution in [3.63, 3.8) is 0 Å². The number of amides is 2. The number of carbonyl (C=O) groups is 2. The van der Waals surface area contributed by atoms with Crippen molar-refractivity contribution in [2.75, 3.05) is 25.0 Å². The average Bonchev–Trinajstić information content (AvgIpc) is 2.69. The van der Waals surface area contributed by atoms with Crippen LogP contribution in [-0.2, 0) is 0 Å².